The summed E-state index contributed by atoms with van der Waals surface area (Å²) in [6, 6.07) is 16.8. The first-order valence-corrected chi connectivity index (χ1v) is 12.6. The lowest BCUT2D eigenvalue weighted by molar-refractivity contribution is -0.129. The van der Waals surface area contributed by atoms with E-state index in [9.17, 15) is 9.59 Å². The van der Waals surface area contributed by atoms with Gasteiger partial charge in [-0.3, -0.25) is 9.69 Å². The van der Waals surface area contributed by atoms with Crippen molar-refractivity contribution >= 4 is 28.5 Å². The van der Waals surface area contributed by atoms with Gasteiger partial charge in [-0.2, -0.15) is 0 Å². The van der Waals surface area contributed by atoms with Crippen molar-refractivity contribution in [2.24, 2.45) is 0 Å². The number of anilines is 1. The third kappa shape index (κ3) is 5.99. The van der Waals surface area contributed by atoms with E-state index in [-0.39, 0.29) is 17.9 Å². The van der Waals surface area contributed by atoms with Crippen LogP contribution in [0.5, 0.6) is 0 Å². The molecule has 192 valence electrons. The highest BCUT2D eigenvalue weighted by Gasteiger charge is 2.23. The third-order valence-electron chi connectivity index (χ3n) is 7.00. The van der Waals surface area contributed by atoms with E-state index in [1.54, 1.807) is 19.0 Å². The third-order valence-corrected chi connectivity index (χ3v) is 7.00. The van der Waals surface area contributed by atoms with Crippen LogP contribution in [-0.2, 0) is 4.79 Å². The van der Waals surface area contributed by atoms with Crippen LogP contribution in [-0.4, -0.2) is 99.1 Å². The largest absolute Gasteiger partial charge is 0.378 e. The summed E-state index contributed by atoms with van der Waals surface area (Å²) in [6.07, 6.45) is 2.92. The number of nitrogens with zero attached hydrogens (tertiary/aromatic N) is 4. The first kappa shape index (κ1) is 25.6. The molecule has 2 heterocycles. The molecular formula is C28H38N6O2. The van der Waals surface area contributed by atoms with Gasteiger partial charge in [-0.05, 0) is 35.7 Å². The molecule has 0 saturated carbocycles. The van der Waals surface area contributed by atoms with E-state index in [0.29, 0.717) is 32.7 Å². The standard InChI is InChI=1S/C28H38N6O2/c1-31(2)22-12-10-21(11-13-22)24(25-19-29-26-9-6-5-8-23(25)26)18-30-28(36)34-15-7-14-33(16-17-34)20-27(35)32(3)4/h5-6,8-13,19,24,29H,7,14-18,20H2,1-4H3,(H,30,36). The van der Waals surface area contributed by atoms with Gasteiger partial charge in [0.15, 0.2) is 0 Å². The highest BCUT2D eigenvalue weighted by molar-refractivity contribution is 5.84. The molecule has 4 rings (SSSR count). The van der Waals surface area contributed by atoms with Gasteiger partial charge in [0.2, 0.25) is 5.91 Å². The zero-order valence-electron chi connectivity index (χ0n) is 21.8. The summed E-state index contributed by atoms with van der Waals surface area (Å²) in [5.74, 6) is 0.109. The lowest BCUT2D eigenvalue weighted by Gasteiger charge is -2.25. The van der Waals surface area contributed by atoms with Crippen molar-refractivity contribution in [3.63, 3.8) is 0 Å². The molecule has 2 aromatic carbocycles. The fourth-order valence-corrected chi connectivity index (χ4v) is 4.76. The van der Waals surface area contributed by atoms with Crippen LogP contribution in [0.25, 0.3) is 10.9 Å². The van der Waals surface area contributed by atoms with Crippen LogP contribution in [0, 0.1) is 0 Å². The normalized spacial score (nSPS) is 15.4. The quantitative estimate of drug-likeness (QED) is 0.534. The Bertz CT molecular complexity index is 1170. The zero-order chi connectivity index (χ0) is 25.7. The Balaban J connectivity index is 1.47. The summed E-state index contributed by atoms with van der Waals surface area (Å²) >= 11 is 0. The number of carbonyl (C=O) groups excluding carboxylic acids is 2. The number of amides is 3. The number of aromatic nitrogens is 1. The smallest absolute Gasteiger partial charge is 0.317 e. The van der Waals surface area contributed by atoms with Crippen molar-refractivity contribution < 1.29 is 9.59 Å². The minimum absolute atomic E-state index is 0.0162. The molecule has 8 nitrogen and oxygen atoms in total. The van der Waals surface area contributed by atoms with Gasteiger partial charge in [-0.1, -0.05) is 30.3 Å². The Kier molecular flexibility index (Phi) is 8.15. The molecule has 1 saturated heterocycles. The fraction of sp³-hybridized carbons (Fsp3) is 0.429. The van der Waals surface area contributed by atoms with E-state index in [1.807, 2.05) is 25.1 Å². The number of carbonyl (C=O) groups is 2. The summed E-state index contributed by atoms with van der Waals surface area (Å²) in [7, 11) is 7.62. The van der Waals surface area contributed by atoms with Gasteiger partial charge in [0.05, 0.1) is 6.54 Å². The minimum Gasteiger partial charge on any atom is -0.378 e. The van der Waals surface area contributed by atoms with Gasteiger partial charge in [0, 0.05) is 89.6 Å². The number of H-pyrrole nitrogens is 1. The second-order valence-corrected chi connectivity index (χ2v) is 9.92. The Morgan fingerprint density at radius 2 is 1.72 bits per heavy atom. The first-order chi connectivity index (χ1) is 17.3. The van der Waals surface area contributed by atoms with E-state index in [1.165, 1.54) is 10.9 Å². The van der Waals surface area contributed by atoms with E-state index in [2.05, 4.69) is 68.8 Å². The molecule has 0 spiro atoms. The maximum absolute atomic E-state index is 13.2. The maximum atomic E-state index is 13.2. The number of urea groups is 1. The number of benzene rings is 2. The summed E-state index contributed by atoms with van der Waals surface area (Å²) < 4.78 is 0. The van der Waals surface area contributed by atoms with Crippen LogP contribution in [0.15, 0.2) is 54.7 Å². The van der Waals surface area contributed by atoms with Crippen LogP contribution >= 0.6 is 0 Å². The molecule has 3 aromatic rings. The van der Waals surface area contributed by atoms with Crippen molar-refractivity contribution in [1.82, 2.24) is 25.0 Å². The maximum Gasteiger partial charge on any atom is 0.317 e. The van der Waals surface area contributed by atoms with E-state index in [0.717, 1.165) is 29.7 Å². The predicted octanol–water partition coefficient (Wildman–Crippen LogP) is 3.17. The van der Waals surface area contributed by atoms with Crippen LogP contribution in [0.1, 0.15) is 23.5 Å². The average Bonchev–Trinajstić information content (AvgIpc) is 3.15. The summed E-state index contributed by atoms with van der Waals surface area (Å²) in [5.41, 5.74) is 4.57. The molecule has 2 N–H and O–H groups in total. The SMILES string of the molecule is CN(C)C(=O)CN1CCCN(C(=O)NCC(c2ccc(N(C)C)cc2)c2c[nH]c3ccccc23)CC1. The van der Waals surface area contributed by atoms with E-state index in [4.69, 9.17) is 0 Å². The van der Waals surface area contributed by atoms with Gasteiger partial charge in [0.25, 0.3) is 0 Å². The monoisotopic (exact) mass is 490 g/mol. The molecule has 1 aromatic heterocycles. The predicted molar refractivity (Wildman–Crippen MR) is 146 cm³/mol. The van der Waals surface area contributed by atoms with Crippen LogP contribution < -0.4 is 10.2 Å². The number of fused-ring (bicyclic) bond motifs is 1. The van der Waals surface area contributed by atoms with Gasteiger partial charge in [-0.15, -0.1) is 0 Å². The highest BCUT2D eigenvalue weighted by Crippen LogP contribution is 2.31. The molecular weight excluding hydrogens is 452 g/mol. The number of hydrogen-bond donors (Lipinski definition) is 2. The van der Waals surface area contributed by atoms with Gasteiger partial charge in [-0.25, -0.2) is 4.79 Å². The van der Waals surface area contributed by atoms with Gasteiger partial charge in [0.1, 0.15) is 0 Å². The minimum atomic E-state index is -0.0504. The van der Waals surface area contributed by atoms with Gasteiger partial charge >= 0.3 is 6.03 Å². The van der Waals surface area contributed by atoms with Crippen molar-refractivity contribution in [2.75, 3.05) is 72.4 Å². The van der Waals surface area contributed by atoms with Crippen LogP contribution in [0.3, 0.4) is 0 Å². The summed E-state index contributed by atoms with van der Waals surface area (Å²) in [6.45, 7) is 3.72. The molecule has 8 heteroatoms. The van der Waals surface area contributed by atoms with Crippen molar-refractivity contribution in [2.45, 2.75) is 12.3 Å². The molecule has 1 atom stereocenters. The Labute approximate surface area is 213 Å². The summed E-state index contributed by atoms with van der Waals surface area (Å²) in [5, 5.41) is 4.38. The molecule has 0 radical (unpaired) electrons. The van der Waals surface area contributed by atoms with Gasteiger partial charge < -0.3 is 25.0 Å². The van der Waals surface area contributed by atoms with Crippen molar-refractivity contribution in [3.8, 4) is 0 Å². The topological polar surface area (TPSA) is 74.9 Å². The zero-order valence-corrected chi connectivity index (χ0v) is 21.8. The molecule has 1 aliphatic heterocycles. The second-order valence-electron chi connectivity index (χ2n) is 9.92. The Hall–Kier alpha value is -3.52. The molecule has 36 heavy (non-hydrogen) atoms. The first-order valence-electron chi connectivity index (χ1n) is 12.6. The molecule has 1 unspecified atom stereocenters. The second kappa shape index (κ2) is 11.5. The average molecular weight is 491 g/mol. The molecule has 1 aliphatic rings. The number of para-hydroxylation sites is 1. The number of rotatable bonds is 7. The Morgan fingerprint density at radius 1 is 0.972 bits per heavy atom. The number of likely N-dealkylation sites (N-methyl/N-ethyl adjacent to an activating group) is 1. The molecule has 0 aliphatic carbocycles. The Morgan fingerprint density at radius 3 is 2.44 bits per heavy atom. The van der Waals surface area contributed by atoms with Crippen LogP contribution in [0.4, 0.5) is 10.5 Å². The molecule has 0 bridgehead atoms. The highest BCUT2D eigenvalue weighted by atomic mass is 16.2. The molecule has 1 fully saturated rings. The molecule has 3 amide bonds. The summed E-state index contributed by atoms with van der Waals surface area (Å²) in [4.78, 5) is 36.4. The van der Waals surface area contributed by atoms with Crippen molar-refractivity contribution in [3.05, 3.63) is 65.9 Å². The van der Waals surface area contributed by atoms with Crippen molar-refractivity contribution in [1.29, 1.82) is 0 Å². The number of aromatic amines is 1. The lowest BCUT2D eigenvalue weighted by Crippen LogP contribution is -2.44. The number of nitrogens with one attached hydrogen (secondary N) is 2. The van der Waals surface area contributed by atoms with E-state index >= 15 is 0 Å². The van der Waals surface area contributed by atoms with Crippen LogP contribution in [0.2, 0.25) is 0 Å². The fourth-order valence-electron chi connectivity index (χ4n) is 4.76. The lowest BCUT2D eigenvalue weighted by atomic mass is 9.90. The van der Waals surface area contributed by atoms with E-state index < -0.39 is 0 Å². The number of hydrogen-bond acceptors (Lipinski definition) is 4.